The van der Waals surface area contributed by atoms with Crippen LogP contribution < -0.4 is 4.74 Å². The molecule has 0 amide bonds. The number of esters is 1. The van der Waals surface area contributed by atoms with Crippen LogP contribution in [0.3, 0.4) is 0 Å². The fourth-order valence-corrected chi connectivity index (χ4v) is 3.12. The normalized spacial score (nSPS) is 10.0. The Balaban J connectivity index is 0.000000259. The highest BCUT2D eigenvalue weighted by molar-refractivity contribution is 5.90. The number of phenols is 1. The lowest BCUT2D eigenvalue weighted by atomic mass is 10.1. The van der Waals surface area contributed by atoms with E-state index in [1.54, 1.807) is 54.6 Å². The van der Waals surface area contributed by atoms with Gasteiger partial charge in [-0.1, -0.05) is 48.5 Å². The van der Waals surface area contributed by atoms with E-state index < -0.39 is 23.9 Å². The lowest BCUT2D eigenvalue weighted by Gasteiger charge is -2.01. The van der Waals surface area contributed by atoms with Crippen LogP contribution in [0.4, 0.5) is 0 Å². The van der Waals surface area contributed by atoms with E-state index in [1.807, 2.05) is 0 Å². The molecular formula is C34H26O11. The molecule has 0 unspecified atom stereocenters. The second-order valence-electron chi connectivity index (χ2n) is 8.68. The number of ether oxygens (including phenoxy) is 1. The lowest BCUT2D eigenvalue weighted by Crippen LogP contribution is -2.04. The van der Waals surface area contributed by atoms with E-state index in [2.05, 4.69) is 0 Å². The number of aldehydes is 2. The Morgan fingerprint density at radius 1 is 0.511 bits per heavy atom. The van der Waals surface area contributed by atoms with Crippen molar-refractivity contribution in [2.24, 2.45) is 0 Å². The van der Waals surface area contributed by atoms with Gasteiger partial charge in [0.25, 0.3) is 0 Å². The first-order chi connectivity index (χ1) is 21.5. The zero-order valence-electron chi connectivity index (χ0n) is 23.3. The maximum absolute atomic E-state index is 11.6. The minimum Gasteiger partial charge on any atom is -0.508 e. The van der Waals surface area contributed by atoms with E-state index in [1.165, 1.54) is 60.7 Å². The predicted molar refractivity (Wildman–Crippen MR) is 163 cm³/mol. The van der Waals surface area contributed by atoms with Gasteiger partial charge in [-0.2, -0.15) is 0 Å². The van der Waals surface area contributed by atoms with Crippen molar-refractivity contribution in [3.63, 3.8) is 0 Å². The number of carboxylic acid groups (broad SMARTS) is 3. The third-order valence-electron chi connectivity index (χ3n) is 5.41. The maximum atomic E-state index is 11.6. The van der Waals surface area contributed by atoms with Crippen molar-refractivity contribution >= 4 is 48.6 Å². The summed E-state index contributed by atoms with van der Waals surface area (Å²) in [6, 6.07) is 24.2. The first kappa shape index (κ1) is 34.6. The third-order valence-corrected chi connectivity index (χ3v) is 5.41. The Morgan fingerprint density at radius 2 is 0.889 bits per heavy atom. The van der Waals surface area contributed by atoms with Gasteiger partial charge in [0.05, 0.1) is 11.1 Å². The van der Waals surface area contributed by atoms with Crippen molar-refractivity contribution in [2.75, 3.05) is 0 Å². The largest absolute Gasteiger partial charge is 0.508 e. The predicted octanol–water partition coefficient (Wildman–Crippen LogP) is 5.50. The number of rotatable bonds is 9. The van der Waals surface area contributed by atoms with Crippen molar-refractivity contribution in [3.8, 4) is 11.5 Å². The highest BCUT2D eigenvalue weighted by Crippen LogP contribution is 2.13. The van der Waals surface area contributed by atoms with Gasteiger partial charge in [-0.15, -0.1) is 0 Å². The number of phenolic OH excluding ortho intramolecular Hbond substituents is 1. The summed E-state index contributed by atoms with van der Waals surface area (Å²) < 4.78 is 5.04. The average Bonchev–Trinajstić information content (AvgIpc) is 3.04. The van der Waals surface area contributed by atoms with Crippen LogP contribution in [0.2, 0.25) is 0 Å². The van der Waals surface area contributed by atoms with Crippen LogP contribution in [-0.4, -0.2) is 56.9 Å². The van der Waals surface area contributed by atoms with E-state index in [0.29, 0.717) is 11.1 Å². The second kappa shape index (κ2) is 18.0. The molecule has 4 aromatic carbocycles. The zero-order valence-corrected chi connectivity index (χ0v) is 23.3. The molecule has 0 aliphatic carbocycles. The summed E-state index contributed by atoms with van der Waals surface area (Å²) in [6.07, 6.45) is 6.81. The fraction of sp³-hybridized carbons (Fsp3) is 0. The molecular weight excluding hydrogens is 584 g/mol. The molecule has 4 N–H and O–H groups in total. The molecule has 4 rings (SSSR count). The molecule has 0 radical (unpaired) electrons. The molecule has 0 fully saturated rings. The Labute approximate surface area is 256 Å². The topological polar surface area (TPSA) is 193 Å². The zero-order chi connectivity index (χ0) is 33.2. The van der Waals surface area contributed by atoms with Crippen molar-refractivity contribution in [1.29, 1.82) is 0 Å². The molecule has 0 saturated heterocycles. The minimum atomic E-state index is -1.04. The molecule has 11 nitrogen and oxygen atoms in total. The Morgan fingerprint density at radius 3 is 1.27 bits per heavy atom. The Kier molecular flexibility index (Phi) is 13.9. The molecule has 0 atom stereocenters. The SMILES string of the molecule is O=C(O)c1ccc(O)cc1.O=Cc1ccc(C=CC(=O)O)cc1.O=Cc1ccc(C=CC(=O)Oc2ccc(C(=O)O)cc2)cc1. The third kappa shape index (κ3) is 13.3. The van der Waals surface area contributed by atoms with Gasteiger partial charge in [0.1, 0.15) is 24.1 Å². The van der Waals surface area contributed by atoms with Crippen molar-refractivity contribution in [2.45, 2.75) is 0 Å². The standard InChI is InChI=1S/C17H12O5.C10H8O3.C7H6O3/c18-11-13-3-1-12(2-4-13)5-10-16(19)22-15-8-6-14(7-9-15)17(20)21;11-7-9-3-1-8(2-4-9)5-6-10(12)13;8-6-3-1-5(2-4-6)7(9)10/h1-11H,(H,20,21);1-7H,(H,12,13);1-4,8H,(H,9,10). The summed E-state index contributed by atoms with van der Waals surface area (Å²) in [7, 11) is 0. The summed E-state index contributed by atoms with van der Waals surface area (Å²) >= 11 is 0. The van der Waals surface area contributed by atoms with Crippen LogP contribution in [0.5, 0.6) is 11.5 Å². The summed E-state index contributed by atoms with van der Waals surface area (Å²) in [5.41, 5.74) is 2.94. The van der Waals surface area contributed by atoms with Gasteiger partial charge >= 0.3 is 23.9 Å². The van der Waals surface area contributed by atoms with Crippen molar-refractivity contribution in [1.82, 2.24) is 0 Å². The smallest absolute Gasteiger partial charge is 0.336 e. The number of benzene rings is 4. The minimum absolute atomic E-state index is 0.0741. The van der Waals surface area contributed by atoms with Gasteiger partial charge in [0.15, 0.2) is 0 Å². The highest BCUT2D eigenvalue weighted by Gasteiger charge is 2.04. The number of carbonyl (C=O) groups is 6. The fourth-order valence-electron chi connectivity index (χ4n) is 3.12. The first-order valence-electron chi connectivity index (χ1n) is 12.8. The first-order valence-corrected chi connectivity index (χ1v) is 12.8. The Hall–Kier alpha value is -6.62. The van der Waals surface area contributed by atoms with E-state index in [-0.39, 0.29) is 22.6 Å². The van der Waals surface area contributed by atoms with Gasteiger partial charge in [-0.05, 0) is 71.8 Å². The van der Waals surface area contributed by atoms with Gasteiger partial charge in [0, 0.05) is 23.3 Å². The van der Waals surface area contributed by atoms with Crippen LogP contribution >= 0.6 is 0 Å². The van der Waals surface area contributed by atoms with Crippen molar-refractivity contribution in [3.05, 3.63) is 143 Å². The number of aromatic hydroxyl groups is 1. The molecule has 0 aliphatic rings. The van der Waals surface area contributed by atoms with Gasteiger partial charge in [-0.25, -0.2) is 19.2 Å². The summed E-state index contributed by atoms with van der Waals surface area (Å²) in [4.78, 5) is 63.5. The molecule has 0 saturated carbocycles. The van der Waals surface area contributed by atoms with Crippen LogP contribution in [0, 0.1) is 0 Å². The lowest BCUT2D eigenvalue weighted by molar-refractivity contribution is -0.131. The number of carboxylic acids is 3. The number of aromatic carboxylic acids is 2. The van der Waals surface area contributed by atoms with Crippen LogP contribution in [0.15, 0.2) is 109 Å². The number of hydrogen-bond acceptors (Lipinski definition) is 8. The maximum Gasteiger partial charge on any atom is 0.336 e. The van der Waals surface area contributed by atoms with Crippen LogP contribution in [0.25, 0.3) is 12.2 Å². The highest BCUT2D eigenvalue weighted by atomic mass is 16.5. The molecule has 0 aromatic heterocycles. The molecule has 45 heavy (non-hydrogen) atoms. The molecule has 0 bridgehead atoms. The molecule has 0 heterocycles. The quantitative estimate of drug-likeness (QED) is 0.0809. The summed E-state index contributed by atoms with van der Waals surface area (Å²) in [6.45, 7) is 0. The monoisotopic (exact) mass is 610 g/mol. The van der Waals surface area contributed by atoms with Gasteiger partial charge < -0.3 is 25.2 Å². The number of hydrogen-bond donors (Lipinski definition) is 4. The van der Waals surface area contributed by atoms with Crippen LogP contribution in [-0.2, 0) is 9.59 Å². The van der Waals surface area contributed by atoms with E-state index in [9.17, 15) is 28.8 Å². The average molecular weight is 611 g/mol. The van der Waals surface area contributed by atoms with Crippen molar-refractivity contribution < 1.29 is 53.9 Å². The summed E-state index contributed by atoms with van der Waals surface area (Å²) in [5.74, 6) is -3.26. The van der Waals surface area contributed by atoms with Crippen LogP contribution in [0.1, 0.15) is 52.6 Å². The molecule has 0 spiro atoms. The molecule has 0 aliphatic heterocycles. The Bertz CT molecular complexity index is 1670. The van der Waals surface area contributed by atoms with E-state index >= 15 is 0 Å². The van der Waals surface area contributed by atoms with Gasteiger partial charge in [0.2, 0.25) is 0 Å². The van der Waals surface area contributed by atoms with Gasteiger partial charge in [-0.3, -0.25) is 9.59 Å². The molecule has 11 heteroatoms. The molecule has 4 aromatic rings. The van der Waals surface area contributed by atoms with E-state index in [0.717, 1.165) is 29.8 Å². The number of carbonyl (C=O) groups excluding carboxylic acids is 3. The van der Waals surface area contributed by atoms with E-state index in [4.69, 9.17) is 25.2 Å². The number of aliphatic carboxylic acids is 1. The molecule has 228 valence electrons. The summed E-state index contributed by atoms with van der Waals surface area (Å²) in [5, 5.41) is 34.2. The second-order valence-corrected chi connectivity index (χ2v) is 8.68.